The summed E-state index contributed by atoms with van der Waals surface area (Å²) in [5.41, 5.74) is 9.19. The van der Waals surface area contributed by atoms with Gasteiger partial charge in [0.05, 0.1) is 6.21 Å². The second kappa shape index (κ2) is 6.39. The molecule has 0 spiro atoms. The SMILES string of the molecule is NC(Cc1ccc(C=NNC=O)cc1)C(=O)O. The van der Waals surface area contributed by atoms with Crippen LogP contribution < -0.4 is 11.2 Å². The van der Waals surface area contributed by atoms with Crippen LogP contribution in [0.3, 0.4) is 0 Å². The average molecular weight is 235 g/mol. The van der Waals surface area contributed by atoms with E-state index in [1.807, 2.05) is 0 Å². The normalized spacial score (nSPS) is 12.3. The molecule has 1 unspecified atom stereocenters. The molecular weight excluding hydrogens is 222 g/mol. The van der Waals surface area contributed by atoms with Crippen molar-refractivity contribution < 1.29 is 14.7 Å². The molecule has 0 aliphatic rings. The first-order chi connectivity index (χ1) is 8.13. The minimum absolute atomic E-state index is 0.277. The van der Waals surface area contributed by atoms with E-state index in [1.165, 1.54) is 6.21 Å². The summed E-state index contributed by atoms with van der Waals surface area (Å²) in [5.74, 6) is -1.02. The third kappa shape index (κ3) is 4.43. The highest BCUT2D eigenvalue weighted by atomic mass is 16.4. The second-order valence-corrected chi connectivity index (χ2v) is 3.40. The van der Waals surface area contributed by atoms with E-state index in [1.54, 1.807) is 24.3 Å². The Balaban J connectivity index is 2.61. The Labute approximate surface area is 98.1 Å². The maximum Gasteiger partial charge on any atom is 0.320 e. The fourth-order valence-corrected chi connectivity index (χ4v) is 1.22. The Hall–Kier alpha value is -2.21. The zero-order chi connectivity index (χ0) is 12.7. The molecule has 1 atom stereocenters. The van der Waals surface area contributed by atoms with Gasteiger partial charge in [0, 0.05) is 0 Å². The standard InChI is InChI=1S/C11H13N3O3/c12-10(11(16)17)5-8-1-3-9(4-2-8)6-13-14-7-15/h1-4,6-7,10H,5,12H2,(H,14,15)(H,16,17). The number of nitrogens with zero attached hydrogens (tertiary/aromatic N) is 1. The Kier molecular flexibility index (Phi) is 4.83. The molecule has 6 heteroatoms. The summed E-state index contributed by atoms with van der Waals surface area (Å²) >= 11 is 0. The summed E-state index contributed by atoms with van der Waals surface area (Å²) < 4.78 is 0. The molecule has 0 bridgehead atoms. The van der Waals surface area contributed by atoms with Gasteiger partial charge >= 0.3 is 5.97 Å². The fraction of sp³-hybridized carbons (Fsp3) is 0.182. The van der Waals surface area contributed by atoms with E-state index in [-0.39, 0.29) is 6.42 Å². The largest absolute Gasteiger partial charge is 0.480 e. The van der Waals surface area contributed by atoms with Crippen LogP contribution >= 0.6 is 0 Å². The Morgan fingerprint density at radius 1 is 1.47 bits per heavy atom. The van der Waals surface area contributed by atoms with Crippen molar-refractivity contribution in [1.82, 2.24) is 5.43 Å². The van der Waals surface area contributed by atoms with Crippen LogP contribution in [0, 0.1) is 0 Å². The molecule has 0 fully saturated rings. The summed E-state index contributed by atoms with van der Waals surface area (Å²) in [6, 6.07) is 6.17. The van der Waals surface area contributed by atoms with Crippen LogP contribution in [0.1, 0.15) is 11.1 Å². The van der Waals surface area contributed by atoms with Gasteiger partial charge < -0.3 is 10.8 Å². The molecule has 90 valence electrons. The Bertz CT molecular complexity index is 414. The number of benzene rings is 1. The average Bonchev–Trinajstić information content (AvgIpc) is 2.31. The van der Waals surface area contributed by atoms with Crippen LogP contribution in [0.5, 0.6) is 0 Å². The summed E-state index contributed by atoms with van der Waals surface area (Å²) in [6.07, 6.45) is 2.23. The van der Waals surface area contributed by atoms with Crippen molar-refractivity contribution in [2.75, 3.05) is 0 Å². The maximum atomic E-state index is 10.6. The molecule has 0 radical (unpaired) electrons. The first kappa shape index (κ1) is 12.9. The zero-order valence-electron chi connectivity index (χ0n) is 9.04. The van der Waals surface area contributed by atoms with E-state index in [0.29, 0.717) is 6.41 Å². The van der Waals surface area contributed by atoms with Crippen LogP contribution in [0.15, 0.2) is 29.4 Å². The van der Waals surface area contributed by atoms with Crippen LogP contribution in [0.2, 0.25) is 0 Å². The first-order valence-electron chi connectivity index (χ1n) is 4.93. The van der Waals surface area contributed by atoms with Crippen molar-refractivity contribution in [3.05, 3.63) is 35.4 Å². The molecule has 17 heavy (non-hydrogen) atoms. The molecule has 0 heterocycles. The highest BCUT2D eigenvalue weighted by Crippen LogP contribution is 2.05. The van der Waals surface area contributed by atoms with Crippen molar-refractivity contribution in [3.8, 4) is 0 Å². The number of amides is 1. The lowest BCUT2D eigenvalue weighted by Gasteiger charge is -2.06. The second-order valence-electron chi connectivity index (χ2n) is 3.40. The van der Waals surface area contributed by atoms with E-state index in [2.05, 4.69) is 10.5 Å². The predicted octanol–water partition coefficient (Wildman–Crippen LogP) is -0.279. The third-order valence-corrected chi connectivity index (χ3v) is 2.09. The zero-order valence-corrected chi connectivity index (χ0v) is 9.04. The van der Waals surface area contributed by atoms with E-state index in [0.717, 1.165) is 11.1 Å². The van der Waals surface area contributed by atoms with Gasteiger partial charge in [0.2, 0.25) is 6.41 Å². The van der Waals surface area contributed by atoms with Gasteiger partial charge in [0.15, 0.2) is 0 Å². The molecule has 1 aromatic carbocycles. The minimum atomic E-state index is -1.02. The first-order valence-corrected chi connectivity index (χ1v) is 4.93. The van der Waals surface area contributed by atoms with Crippen molar-refractivity contribution >= 4 is 18.6 Å². The van der Waals surface area contributed by atoms with E-state index >= 15 is 0 Å². The number of carbonyl (C=O) groups is 2. The van der Waals surface area contributed by atoms with Crippen LogP contribution in [0.25, 0.3) is 0 Å². The number of nitrogens with two attached hydrogens (primary N) is 1. The number of aliphatic carboxylic acids is 1. The van der Waals surface area contributed by atoms with Crippen molar-refractivity contribution in [2.45, 2.75) is 12.5 Å². The van der Waals surface area contributed by atoms with Gasteiger partial charge in [0.1, 0.15) is 6.04 Å². The lowest BCUT2D eigenvalue weighted by atomic mass is 10.1. The van der Waals surface area contributed by atoms with E-state index < -0.39 is 12.0 Å². The number of hydrogen-bond acceptors (Lipinski definition) is 4. The van der Waals surface area contributed by atoms with Gasteiger partial charge in [-0.1, -0.05) is 24.3 Å². The number of nitrogens with one attached hydrogen (secondary N) is 1. The van der Waals surface area contributed by atoms with Gasteiger partial charge in [-0.05, 0) is 17.5 Å². The van der Waals surface area contributed by atoms with Crippen LogP contribution in [-0.2, 0) is 16.0 Å². The molecule has 0 aliphatic carbocycles. The van der Waals surface area contributed by atoms with E-state index in [9.17, 15) is 9.59 Å². The summed E-state index contributed by atoms with van der Waals surface area (Å²) in [5, 5.41) is 12.3. The lowest BCUT2D eigenvalue weighted by molar-refractivity contribution is -0.138. The minimum Gasteiger partial charge on any atom is -0.480 e. The monoisotopic (exact) mass is 235 g/mol. The van der Waals surface area contributed by atoms with Gasteiger partial charge in [-0.2, -0.15) is 5.10 Å². The molecule has 6 nitrogen and oxygen atoms in total. The molecule has 0 saturated carbocycles. The van der Waals surface area contributed by atoms with Crippen LogP contribution in [0.4, 0.5) is 0 Å². The molecule has 4 N–H and O–H groups in total. The van der Waals surface area contributed by atoms with Crippen molar-refractivity contribution in [1.29, 1.82) is 0 Å². The number of carboxylic acid groups (broad SMARTS) is 1. The predicted molar refractivity (Wildman–Crippen MR) is 62.6 cm³/mol. The fourth-order valence-electron chi connectivity index (χ4n) is 1.22. The molecule has 0 aliphatic heterocycles. The van der Waals surface area contributed by atoms with Gasteiger partial charge in [-0.15, -0.1) is 0 Å². The number of carbonyl (C=O) groups excluding carboxylic acids is 1. The highest BCUT2D eigenvalue weighted by Gasteiger charge is 2.11. The molecule has 0 aromatic heterocycles. The Morgan fingerprint density at radius 3 is 2.65 bits per heavy atom. The Morgan fingerprint density at radius 2 is 2.12 bits per heavy atom. The topological polar surface area (TPSA) is 105 Å². The molecular formula is C11H13N3O3. The summed E-state index contributed by atoms with van der Waals surface area (Å²) in [7, 11) is 0. The number of hydrogen-bond donors (Lipinski definition) is 3. The quantitative estimate of drug-likeness (QED) is 0.358. The summed E-state index contributed by atoms with van der Waals surface area (Å²) in [4.78, 5) is 20.5. The lowest BCUT2D eigenvalue weighted by Crippen LogP contribution is -2.32. The number of carboxylic acids is 1. The third-order valence-electron chi connectivity index (χ3n) is 2.09. The van der Waals surface area contributed by atoms with Gasteiger partial charge in [-0.3, -0.25) is 9.59 Å². The highest BCUT2D eigenvalue weighted by molar-refractivity contribution is 5.80. The summed E-state index contributed by atoms with van der Waals surface area (Å²) in [6.45, 7) is 0. The maximum absolute atomic E-state index is 10.6. The number of hydrazone groups is 1. The van der Waals surface area contributed by atoms with Gasteiger partial charge in [-0.25, -0.2) is 5.43 Å². The molecule has 0 saturated heterocycles. The molecule has 1 amide bonds. The molecule has 1 aromatic rings. The number of rotatable bonds is 6. The van der Waals surface area contributed by atoms with Crippen molar-refractivity contribution in [3.63, 3.8) is 0 Å². The van der Waals surface area contributed by atoms with Gasteiger partial charge in [0.25, 0.3) is 0 Å². The molecule has 1 rings (SSSR count). The van der Waals surface area contributed by atoms with E-state index in [4.69, 9.17) is 10.8 Å². The smallest absolute Gasteiger partial charge is 0.320 e. The van der Waals surface area contributed by atoms with Crippen LogP contribution in [-0.4, -0.2) is 29.7 Å². The van der Waals surface area contributed by atoms with Crippen molar-refractivity contribution in [2.24, 2.45) is 10.8 Å².